The molecule has 29 heavy (non-hydrogen) atoms. The summed E-state index contributed by atoms with van der Waals surface area (Å²) in [4.78, 5) is 27.4. The molecule has 9 nitrogen and oxygen atoms in total. The molecule has 10 heteroatoms. The topological polar surface area (TPSA) is 93.9 Å². The lowest BCUT2D eigenvalue weighted by Gasteiger charge is -2.27. The largest absolute Gasteiger partial charge is 0.475 e. The number of ether oxygens (including phenoxy) is 1. The molecule has 1 unspecified atom stereocenters. The van der Waals surface area contributed by atoms with E-state index in [1.165, 1.54) is 16.8 Å². The lowest BCUT2D eigenvalue weighted by molar-refractivity contribution is 0.0879. The van der Waals surface area contributed by atoms with E-state index in [1.807, 2.05) is 13.8 Å². The molecule has 0 aliphatic carbocycles. The molecule has 1 fully saturated rings. The van der Waals surface area contributed by atoms with Gasteiger partial charge < -0.3 is 10.1 Å². The minimum Gasteiger partial charge on any atom is -0.475 e. The van der Waals surface area contributed by atoms with Gasteiger partial charge in [0.1, 0.15) is 18.0 Å². The van der Waals surface area contributed by atoms with Gasteiger partial charge >= 0.3 is 0 Å². The second-order valence-electron chi connectivity index (χ2n) is 7.75. The van der Waals surface area contributed by atoms with Crippen LogP contribution >= 0.6 is 0 Å². The molecular weight excluding hydrogens is 379 g/mol. The van der Waals surface area contributed by atoms with Crippen LogP contribution in [0.3, 0.4) is 0 Å². The lowest BCUT2D eigenvalue weighted by atomic mass is 10.0. The number of fused-ring (bicyclic) bond motifs is 5. The standard InChI is InChI=1S/C19H19FN6O3/c1-19(2)10-28-18-12(7-11(20)8-21-18)14-4-6-29-26(14)15-3-5-25-16(23-15)13(9-22-25)17(27)24-19/h3,5,7-9,14H,4,6,10H2,1-2H3,(H,24,27). The summed E-state index contributed by atoms with van der Waals surface area (Å²) < 4.78 is 21.5. The van der Waals surface area contributed by atoms with Gasteiger partial charge in [-0.25, -0.2) is 23.9 Å². The second-order valence-corrected chi connectivity index (χ2v) is 7.75. The maximum absolute atomic E-state index is 14.0. The van der Waals surface area contributed by atoms with E-state index >= 15 is 0 Å². The maximum Gasteiger partial charge on any atom is 0.257 e. The summed E-state index contributed by atoms with van der Waals surface area (Å²) in [5.74, 6) is 0.0158. The van der Waals surface area contributed by atoms with Gasteiger partial charge in [-0.15, -0.1) is 0 Å². The highest BCUT2D eigenvalue weighted by molar-refractivity contribution is 6.00. The predicted molar refractivity (Wildman–Crippen MR) is 100 cm³/mol. The van der Waals surface area contributed by atoms with E-state index in [4.69, 9.17) is 9.57 Å². The van der Waals surface area contributed by atoms with Gasteiger partial charge in [0, 0.05) is 24.2 Å². The smallest absolute Gasteiger partial charge is 0.257 e. The summed E-state index contributed by atoms with van der Waals surface area (Å²) in [6, 6.07) is 2.81. The van der Waals surface area contributed by atoms with Crippen LogP contribution in [0.1, 0.15) is 42.2 Å². The Balaban J connectivity index is 1.70. The zero-order chi connectivity index (χ0) is 20.2. The van der Waals surface area contributed by atoms with Crippen molar-refractivity contribution in [2.24, 2.45) is 0 Å². The van der Waals surface area contributed by atoms with Crippen molar-refractivity contribution >= 4 is 17.4 Å². The highest BCUT2D eigenvalue weighted by Gasteiger charge is 2.34. The average Bonchev–Trinajstić information content (AvgIpc) is 3.32. The number of rotatable bonds is 0. The third-order valence-corrected chi connectivity index (χ3v) is 4.96. The van der Waals surface area contributed by atoms with Crippen molar-refractivity contribution < 1.29 is 18.8 Å². The zero-order valence-electron chi connectivity index (χ0n) is 15.9. The Labute approximate surface area is 165 Å². The van der Waals surface area contributed by atoms with E-state index in [0.717, 1.165) is 6.20 Å². The SMILES string of the molecule is CC1(C)COc2ncc(F)cc2C2CCON2c2ccn3ncc(c3n2)C(=O)N1. The number of halogens is 1. The molecule has 0 spiro atoms. The quantitative estimate of drug-likeness (QED) is 0.619. The van der Waals surface area contributed by atoms with Crippen molar-refractivity contribution in [2.75, 3.05) is 18.3 Å². The molecule has 2 aliphatic heterocycles. The number of hydroxylamine groups is 1. The first-order valence-corrected chi connectivity index (χ1v) is 9.29. The van der Waals surface area contributed by atoms with Gasteiger partial charge in [-0.3, -0.25) is 9.63 Å². The predicted octanol–water partition coefficient (Wildman–Crippen LogP) is 2.05. The van der Waals surface area contributed by atoms with Gasteiger partial charge in [0.25, 0.3) is 5.91 Å². The van der Waals surface area contributed by atoms with E-state index in [2.05, 4.69) is 20.4 Å². The van der Waals surface area contributed by atoms with Crippen molar-refractivity contribution in [2.45, 2.75) is 31.8 Å². The summed E-state index contributed by atoms with van der Waals surface area (Å²) in [6.07, 6.45) is 4.91. The Bertz CT molecular complexity index is 1110. The molecule has 5 heterocycles. The summed E-state index contributed by atoms with van der Waals surface area (Å²) >= 11 is 0. The highest BCUT2D eigenvalue weighted by atomic mass is 19.1. The molecular formula is C19H19FN6O3. The molecule has 1 atom stereocenters. The number of amides is 1. The zero-order valence-corrected chi connectivity index (χ0v) is 15.9. The number of hydrogen-bond acceptors (Lipinski definition) is 7. The fraction of sp³-hybridized carbons (Fsp3) is 0.368. The Hall–Kier alpha value is -3.27. The van der Waals surface area contributed by atoms with Gasteiger partial charge in [0.05, 0.1) is 30.6 Å². The molecule has 0 radical (unpaired) electrons. The van der Waals surface area contributed by atoms with Crippen molar-refractivity contribution in [1.82, 2.24) is 24.9 Å². The first-order valence-electron chi connectivity index (χ1n) is 9.29. The van der Waals surface area contributed by atoms with E-state index in [1.54, 1.807) is 17.3 Å². The van der Waals surface area contributed by atoms with Crippen LogP contribution in [-0.4, -0.2) is 44.2 Å². The molecule has 2 bridgehead atoms. The van der Waals surface area contributed by atoms with Crippen molar-refractivity contribution in [1.29, 1.82) is 0 Å². The first kappa shape index (κ1) is 17.8. The highest BCUT2D eigenvalue weighted by Crippen LogP contribution is 2.38. The Morgan fingerprint density at radius 2 is 2.21 bits per heavy atom. The average molecular weight is 398 g/mol. The van der Waals surface area contributed by atoms with E-state index in [9.17, 15) is 9.18 Å². The van der Waals surface area contributed by atoms with Gasteiger partial charge in [0.15, 0.2) is 11.5 Å². The molecule has 3 aromatic heterocycles. The van der Waals surface area contributed by atoms with Crippen LogP contribution in [0.2, 0.25) is 0 Å². The van der Waals surface area contributed by atoms with Crippen LogP contribution < -0.4 is 15.1 Å². The molecule has 5 rings (SSSR count). The Morgan fingerprint density at radius 1 is 1.34 bits per heavy atom. The third kappa shape index (κ3) is 3.05. The molecule has 1 saturated heterocycles. The van der Waals surface area contributed by atoms with Crippen LogP contribution in [0.15, 0.2) is 30.7 Å². The normalized spacial score (nSPS) is 20.9. The van der Waals surface area contributed by atoms with Gasteiger partial charge in [-0.2, -0.15) is 5.10 Å². The van der Waals surface area contributed by atoms with Crippen LogP contribution in [0.5, 0.6) is 5.88 Å². The van der Waals surface area contributed by atoms with Crippen LogP contribution in [-0.2, 0) is 4.84 Å². The van der Waals surface area contributed by atoms with E-state index < -0.39 is 11.4 Å². The second kappa shape index (κ2) is 6.38. The molecule has 0 saturated carbocycles. The number of carbonyl (C=O) groups excluding carboxylic acids is 1. The minimum atomic E-state index is -0.712. The summed E-state index contributed by atoms with van der Waals surface area (Å²) in [7, 11) is 0. The monoisotopic (exact) mass is 398 g/mol. The van der Waals surface area contributed by atoms with Crippen molar-refractivity contribution in [3.63, 3.8) is 0 Å². The molecule has 3 aromatic rings. The van der Waals surface area contributed by atoms with Crippen LogP contribution in [0, 0.1) is 5.82 Å². The number of carbonyl (C=O) groups is 1. The van der Waals surface area contributed by atoms with Gasteiger partial charge in [-0.05, 0) is 19.9 Å². The number of pyridine rings is 1. The maximum atomic E-state index is 14.0. The molecule has 150 valence electrons. The van der Waals surface area contributed by atoms with Crippen LogP contribution in [0.4, 0.5) is 10.2 Å². The fourth-order valence-corrected chi connectivity index (χ4v) is 3.58. The van der Waals surface area contributed by atoms with Gasteiger partial charge in [-0.1, -0.05) is 0 Å². The summed E-state index contributed by atoms with van der Waals surface area (Å²) in [6.45, 7) is 4.26. The first-order chi connectivity index (χ1) is 13.9. The van der Waals surface area contributed by atoms with Crippen molar-refractivity contribution in [3.8, 4) is 5.88 Å². The number of aromatic nitrogens is 4. The molecule has 2 aliphatic rings. The third-order valence-electron chi connectivity index (χ3n) is 4.96. The number of nitrogens with zero attached hydrogens (tertiary/aromatic N) is 5. The molecule has 0 aromatic carbocycles. The summed E-state index contributed by atoms with van der Waals surface area (Å²) in [5.41, 5.74) is 0.606. The number of anilines is 1. The number of hydrogen-bond donors (Lipinski definition) is 1. The lowest BCUT2D eigenvalue weighted by Crippen LogP contribution is -2.48. The molecule has 1 amide bonds. The van der Waals surface area contributed by atoms with Crippen molar-refractivity contribution in [3.05, 3.63) is 47.7 Å². The van der Waals surface area contributed by atoms with E-state index in [-0.39, 0.29) is 18.6 Å². The molecule has 1 N–H and O–H groups in total. The van der Waals surface area contributed by atoms with Gasteiger partial charge in [0.2, 0.25) is 5.88 Å². The Kier molecular flexibility index (Phi) is 3.91. The summed E-state index contributed by atoms with van der Waals surface area (Å²) in [5, 5.41) is 8.76. The van der Waals surface area contributed by atoms with Crippen LogP contribution in [0.25, 0.3) is 5.65 Å². The fourth-order valence-electron chi connectivity index (χ4n) is 3.58. The number of nitrogens with one attached hydrogen (secondary N) is 1. The van der Waals surface area contributed by atoms with E-state index in [0.29, 0.717) is 41.5 Å². The minimum absolute atomic E-state index is 0.146. The Morgan fingerprint density at radius 3 is 3.07 bits per heavy atom.